The first-order chi connectivity index (χ1) is 12.3. The Hall–Kier alpha value is -2.13. The monoisotopic (exact) mass is 382 g/mol. The second-order valence-electron chi connectivity index (χ2n) is 6.61. The quantitative estimate of drug-likeness (QED) is 0.772. The molecule has 1 N–H and O–H groups in total. The fraction of sp³-hybridized carbons (Fsp3) is 0.529. The van der Waals surface area contributed by atoms with Crippen LogP contribution in [0.1, 0.15) is 12.0 Å². The van der Waals surface area contributed by atoms with Gasteiger partial charge in [0.25, 0.3) is 0 Å². The third-order valence-corrected chi connectivity index (χ3v) is 5.70. The van der Waals surface area contributed by atoms with E-state index in [2.05, 4.69) is 5.32 Å². The summed E-state index contributed by atoms with van der Waals surface area (Å²) in [6.07, 6.45) is 1.53. The number of carbonyl (C=O) groups excluding carboxylic acids is 2. The van der Waals surface area contributed by atoms with E-state index in [-0.39, 0.29) is 29.9 Å². The number of hydrogen-bond acceptors (Lipinski definition) is 6. The molecule has 8 nitrogen and oxygen atoms in total. The topological polar surface area (TPSA) is 102 Å². The van der Waals surface area contributed by atoms with E-state index in [1.54, 1.807) is 12.1 Å². The molecular weight excluding hydrogens is 360 g/mol. The van der Waals surface area contributed by atoms with Crippen LogP contribution in [0.4, 0.5) is 4.79 Å². The van der Waals surface area contributed by atoms with Gasteiger partial charge in [-0.2, -0.15) is 0 Å². The standard InChI is InChI=1S/C17H22N2O6S/c1-26(22,23)14-4-2-12(3-5-14)8-18-16(20)15-11-25-17(21)19(15)9-13-6-7-24-10-13/h2-5,13,15H,6-11H2,1H3,(H,18,20)/t13?,15-/m0/s1. The Labute approximate surface area is 152 Å². The fourth-order valence-electron chi connectivity index (χ4n) is 3.04. The summed E-state index contributed by atoms with van der Waals surface area (Å²) in [5, 5.41) is 2.78. The summed E-state index contributed by atoms with van der Waals surface area (Å²) in [5.74, 6) is -0.0681. The minimum Gasteiger partial charge on any atom is -0.447 e. The Balaban J connectivity index is 1.57. The average molecular weight is 382 g/mol. The fourth-order valence-corrected chi connectivity index (χ4v) is 3.67. The van der Waals surface area contributed by atoms with Gasteiger partial charge in [-0.15, -0.1) is 0 Å². The van der Waals surface area contributed by atoms with Gasteiger partial charge in [-0.3, -0.25) is 9.69 Å². The van der Waals surface area contributed by atoms with Gasteiger partial charge in [-0.25, -0.2) is 13.2 Å². The molecule has 2 aliphatic heterocycles. The average Bonchev–Trinajstić information content (AvgIpc) is 3.23. The summed E-state index contributed by atoms with van der Waals surface area (Å²) in [4.78, 5) is 26.1. The number of nitrogens with zero attached hydrogens (tertiary/aromatic N) is 1. The van der Waals surface area contributed by atoms with Crippen LogP contribution in [0.3, 0.4) is 0 Å². The maximum atomic E-state index is 12.5. The van der Waals surface area contributed by atoms with Crippen LogP contribution in [-0.4, -0.2) is 64.0 Å². The van der Waals surface area contributed by atoms with Gasteiger partial charge >= 0.3 is 6.09 Å². The van der Waals surface area contributed by atoms with Crippen LogP contribution in [0.15, 0.2) is 29.2 Å². The zero-order valence-corrected chi connectivity index (χ0v) is 15.3. The Bertz CT molecular complexity index is 771. The molecule has 2 amide bonds. The first-order valence-electron chi connectivity index (χ1n) is 8.42. The van der Waals surface area contributed by atoms with Crippen molar-refractivity contribution in [3.63, 3.8) is 0 Å². The summed E-state index contributed by atoms with van der Waals surface area (Å²) >= 11 is 0. The van der Waals surface area contributed by atoms with Crippen molar-refractivity contribution in [1.82, 2.24) is 10.2 Å². The van der Waals surface area contributed by atoms with Gasteiger partial charge < -0.3 is 14.8 Å². The van der Waals surface area contributed by atoms with Crippen LogP contribution in [-0.2, 0) is 30.7 Å². The normalized spacial score (nSPS) is 23.1. The number of sulfone groups is 1. The van der Waals surface area contributed by atoms with Crippen LogP contribution in [0.25, 0.3) is 0 Å². The second-order valence-corrected chi connectivity index (χ2v) is 8.62. The van der Waals surface area contributed by atoms with Crippen molar-refractivity contribution in [1.29, 1.82) is 0 Å². The van der Waals surface area contributed by atoms with E-state index in [1.165, 1.54) is 17.0 Å². The Morgan fingerprint density at radius 2 is 2.00 bits per heavy atom. The van der Waals surface area contributed by atoms with E-state index < -0.39 is 22.0 Å². The number of amides is 2. The highest BCUT2D eigenvalue weighted by molar-refractivity contribution is 7.90. The molecule has 26 heavy (non-hydrogen) atoms. The van der Waals surface area contributed by atoms with Gasteiger partial charge in [0.2, 0.25) is 5.91 Å². The van der Waals surface area contributed by atoms with Crippen molar-refractivity contribution >= 4 is 21.8 Å². The minimum atomic E-state index is -3.25. The zero-order valence-electron chi connectivity index (χ0n) is 14.5. The van der Waals surface area contributed by atoms with Crippen LogP contribution < -0.4 is 5.32 Å². The van der Waals surface area contributed by atoms with Gasteiger partial charge in [0, 0.05) is 31.9 Å². The molecule has 0 spiro atoms. The number of benzene rings is 1. The van der Waals surface area contributed by atoms with Gasteiger partial charge in [-0.1, -0.05) is 12.1 Å². The molecule has 0 radical (unpaired) electrons. The summed E-state index contributed by atoms with van der Waals surface area (Å²) < 4.78 is 33.3. The molecule has 9 heteroatoms. The lowest BCUT2D eigenvalue weighted by Gasteiger charge is -2.23. The highest BCUT2D eigenvalue weighted by Gasteiger charge is 2.39. The third-order valence-electron chi connectivity index (χ3n) is 4.58. The maximum absolute atomic E-state index is 12.5. The minimum absolute atomic E-state index is 0.0330. The molecule has 1 unspecified atom stereocenters. The van der Waals surface area contributed by atoms with Crippen LogP contribution >= 0.6 is 0 Å². The molecule has 2 saturated heterocycles. The summed E-state index contributed by atoms with van der Waals surface area (Å²) in [6.45, 7) is 1.98. The number of hydrogen-bond donors (Lipinski definition) is 1. The third kappa shape index (κ3) is 4.34. The van der Waals surface area contributed by atoms with E-state index in [0.717, 1.165) is 18.2 Å². The lowest BCUT2D eigenvalue weighted by atomic mass is 10.1. The molecule has 142 valence electrons. The maximum Gasteiger partial charge on any atom is 0.410 e. The first-order valence-corrected chi connectivity index (χ1v) is 10.3. The van der Waals surface area contributed by atoms with Crippen molar-refractivity contribution in [2.75, 3.05) is 32.6 Å². The van der Waals surface area contributed by atoms with Gasteiger partial charge in [0.1, 0.15) is 12.6 Å². The van der Waals surface area contributed by atoms with Crippen molar-refractivity contribution in [2.24, 2.45) is 5.92 Å². The van der Waals surface area contributed by atoms with E-state index in [1.807, 2.05) is 0 Å². The van der Waals surface area contributed by atoms with Crippen molar-refractivity contribution in [3.8, 4) is 0 Å². The first kappa shape index (κ1) is 18.7. The van der Waals surface area contributed by atoms with Gasteiger partial charge in [0.15, 0.2) is 9.84 Å². The molecule has 3 rings (SSSR count). The molecule has 0 aliphatic carbocycles. The van der Waals surface area contributed by atoms with Crippen molar-refractivity contribution in [3.05, 3.63) is 29.8 Å². The van der Waals surface area contributed by atoms with Crippen molar-refractivity contribution in [2.45, 2.75) is 23.9 Å². The molecule has 2 fully saturated rings. The molecule has 1 aromatic carbocycles. The molecule has 0 bridgehead atoms. The van der Waals surface area contributed by atoms with E-state index in [0.29, 0.717) is 19.8 Å². The number of ether oxygens (including phenoxy) is 2. The molecule has 0 aromatic heterocycles. The molecule has 1 aromatic rings. The SMILES string of the molecule is CS(=O)(=O)c1ccc(CNC(=O)[C@@H]2COC(=O)N2CC2CCOC2)cc1. The molecule has 2 heterocycles. The van der Waals surface area contributed by atoms with Crippen LogP contribution in [0.5, 0.6) is 0 Å². The van der Waals surface area contributed by atoms with Crippen LogP contribution in [0, 0.1) is 5.92 Å². The lowest BCUT2D eigenvalue weighted by molar-refractivity contribution is -0.125. The lowest BCUT2D eigenvalue weighted by Crippen LogP contribution is -2.47. The summed E-state index contributed by atoms with van der Waals surface area (Å²) in [5.41, 5.74) is 0.770. The number of rotatable bonds is 6. The van der Waals surface area contributed by atoms with Gasteiger partial charge in [0.05, 0.1) is 11.5 Å². The largest absolute Gasteiger partial charge is 0.447 e. The van der Waals surface area contributed by atoms with Gasteiger partial charge in [-0.05, 0) is 24.1 Å². The van der Waals surface area contributed by atoms with Crippen molar-refractivity contribution < 1.29 is 27.5 Å². The highest BCUT2D eigenvalue weighted by Crippen LogP contribution is 2.20. The Morgan fingerprint density at radius 1 is 1.27 bits per heavy atom. The van der Waals surface area contributed by atoms with Crippen LogP contribution in [0.2, 0.25) is 0 Å². The number of cyclic esters (lactones) is 1. The summed E-state index contributed by atoms with van der Waals surface area (Å²) in [7, 11) is -3.25. The van der Waals surface area contributed by atoms with E-state index in [9.17, 15) is 18.0 Å². The molecule has 2 aliphatic rings. The summed E-state index contributed by atoms with van der Waals surface area (Å²) in [6, 6.07) is 5.66. The number of nitrogens with one attached hydrogen (secondary N) is 1. The van der Waals surface area contributed by atoms with E-state index >= 15 is 0 Å². The Morgan fingerprint density at radius 3 is 2.62 bits per heavy atom. The smallest absolute Gasteiger partial charge is 0.410 e. The highest BCUT2D eigenvalue weighted by atomic mass is 32.2. The zero-order chi connectivity index (χ0) is 18.7. The number of carbonyl (C=O) groups is 2. The second kappa shape index (κ2) is 7.63. The molecule has 2 atom stereocenters. The predicted molar refractivity (Wildman–Crippen MR) is 92.2 cm³/mol. The Kier molecular flexibility index (Phi) is 5.47. The predicted octanol–water partition coefficient (Wildman–Crippen LogP) is 0.564. The molecule has 0 saturated carbocycles. The molecular formula is C17H22N2O6S. The van der Waals surface area contributed by atoms with E-state index in [4.69, 9.17) is 9.47 Å².